The Morgan fingerprint density at radius 1 is 1.43 bits per heavy atom. The van der Waals surface area contributed by atoms with Crippen molar-refractivity contribution in [2.45, 2.75) is 25.9 Å². The first-order valence-electron chi connectivity index (χ1n) is 7.40. The van der Waals surface area contributed by atoms with E-state index in [-0.39, 0.29) is 11.9 Å². The van der Waals surface area contributed by atoms with Gasteiger partial charge in [-0.1, -0.05) is 12.1 Å². The first-order valence-corrected chi connectivity index (χ1v) is 8.55. The van der Waals surface area contributed by atoms with Gasteiger partial charge in [-0.05, 0) is 0 Å². The molecule has 2 aliphatic heterocycles. The van der Waals surface area contributed by atoms with Gasteiger partial charge < -0.3 is 9.42 Å². The molecular weight excluding hydrogens is 290 g/mol. The standard InChI is InChI=1S/C13H21N5O2S/c1-2-12-15-11(16-20-12)7-17-3-5-18(6-4-17)13(19)10-8-21-9-14-10/h10,14H,2-9H2,1H3. The number of carbonyl (C=O) groups excluding carboxylic acids is 1. The Bertz CT molecular complexity index is 481. The van der Waals surface area contributed by atoms with Crippen LogP contribution >= 0.6 is 11.8 Å². The summed E-state index contributed by atoms with van der Waals surface area (Å²) in [6, 6.07) is 0.00543. The second kappa shape index (κ2) is 6.76. The number of nitrogens with one attached hydrogen (secondary N) is 1. The quantitative estimate of drug-likeness (QED) is 0.835. The van der Waals surface area contributed by atoms with Gasteiger partial charge in [0.25, 0.3) is 0 Å². The summed E-state index contributed by atoms with van der Waals surface area (Å²) >= 11 is 1.79. The summed E-state index contributed by atoms with van der Waals surface area (Å²) in [7, 11) is 0. The van der Waals surface area contributed by atoms with Gasteiger partial charge in [0.1, 0.15) is 0 Å². The molecule has 1 aromatic heterocycles. The molecule has 0 saturated carbocycles. The number of hydrogen-bond acceptors (Lipinski definition) is 7. The number of aromatic nitrogens is 2. The van der Waals surface area contributed by atoms with Crippen LogP contribution in [0.5, 0.6) is 0 Å². The third-order valence-corrected chi connectivity index (χ3v) is 4.82. The van der Waals surface area contributed by atoms with Gasteiger partial charge in [0.15, 0.2) is 5.82 Å². The van der Waals surface area contributed by atoms with Crippen molar-refractivity contribution in [1.82, 2.24) is 25.3 Å². The number of piperazine rings is 1. The summed E-state index contributed by atoms with van der Waals surface area (Å²) in [6.45, 7) is 5.98. The van der Waals surface area contributed by atoms with Crippen LogP contribution in [0.1, 0.15) is 18.6 Å². The molecule has 0 spiro atoms. The summed E-state index contributed by atoms with van der Waals surface area (Å²) in [5.41, 5.74) is 0. The van der Waals surface area contributed by atoms with E-state index in [1.54, 1.807) is 11.8 Å². The molecule has 0 bridgehead atoms. The summed E-state index contributed by atoms with van der Waals surface area (Å²) < 4.78 is 5.12. The van der Waals surface area contributed by atoms with E-state index in [4.69, 9.17) is 4.52 Å². The van der Waals surface area contributed by atoms with Gasteiger partial charge in [0, 0.05) is 44.2 Å². The second-order valence-electron chi connectivity index (χ2n) is 5.33. The molecule has 0 aromatic carbocycles. The van der Waals surface area contributed by atoms with Crippen LogP contribution in [0.15, 0.2) is 4.52 Å². The summed E-state index contributed by atoms with van der Waals surface area (Å²) in [5.74, 6) is 3.44. The van der Waals surface area contributed by atoms with Crippen LogP contribution in [-0.2, 0) is 17.8 Å². The van der Waals surface area contributed by atoms with E-state index in [0.29, 0.717) is 12.4 Å². The predicted octanol–water partition coefficient (Wildman–Crippen LogP) is -0.0613. The van der Waals surface area contributed by atoms with Gasteiger partial charge >= 0.3 is 0 Å². The van der Waals surface area contributed by atoms with E-state index in [2.05, 4.69) is 20.4 Å². The van der Waals surface area contributed by atoms with Gasteiger partial charge in [0.2, 0.25) is 11.8 Å². The predicted molar refractivity (Wildman–Crippen MR) is 79.8 cm³/mol. The van der Waals surface area contributed by atoms with Crippen LogP contribution < -0.4 is 5.32 Å². The Balaban J connectivity index is 1.47. The molecule has 1 amide bonds. The minimum Gasteiger partial charge on any atom is -0.339 e. The Hall–Kier alpha value is -1.12. The molecule has 8 heteroatoms. The van der Waals surface area contributed by atoms with Crippen LogP contribution in [0.3, 0.4) is 0 Å². The summed E-state index contributed by atoms with van der Waals surface area (Å²) in [4.78, 5) is 20.9. The third-order valence-electron chi connectivity index (χ3n) is 3.88. The molecule has 116 valence electrons. The van der Waals surface area contributed by atoms with Crippen LogP contribution in [0.4, 0.5) is 0 Å². The minimum absolute atomic E-state index is 0.00543. The highest BCUT2D eigenvalue weighted by Crippen LogP contribution is 2.14. The van der Waals surface area contributed by atoms with Crippen molar-refractivity contribution < 1.29 is 9.32 Å². The molecule has 1 aromatic rings. The topological polar surface area (TPSA) is 74.5 Å². The molecule has 1 N–H and O–H groups in total. The van der Waals surface area contributed by atoms with E-state index in [0.717, 1.165) is 50.1 Å². The number of hydrogen-bond donors (Lipinski definition) is 1. The number of aryl methyl sites for hydroxylation is 1. The normalized spacial score (nSPS) is 23.7. The highest BCUT2D eigenvalue weighted by atomic mass is 32.2. The van der Waals surface area contributed by atoms with Gasteiger partial charge in [-0.3, -0.25) is 15.0 Å². The fourth-order valence-corrected chi connectivity index (χ4v) is 3.53. The van der Waals surface area contributed by atoms with E-state index >= 15 is 0 Å². The Labute approximate surface area is 128 Å². The zero-order valence-electron chi connectivity index (χ0n) is 12.2. The number of amides is 1. The lowest BCUT2D eigenvalue weighted by atomic mass is 10.2. The molecule has 2 fully saturated rings. The van der Waals surface area contributed by atoms with Crippen LogP contribution in [0.2, 0.25) is 0 Å². The molecule has 1 unspecified atom stereocenters. The number of nitrogens with zero attached hydrogens (tertiary/aromatic N) is 4. The Morgan fingerprint density at radius 2 is 2.24 bits per heavy atom. The highest BCUT2D eigenvalue weighted by Gasteiger charge is 2.29. The fraction of sp³-hybridized carbons (Fsp3) is 0.769. The van der Waals surface area contributed by atoms with Crippen molar-refractivity contribution in [2.75, 3.05) is 37.8 Å². The molecular formula is C13H21N5O2S. The third kappa shape index (κ3) is 3.56. The minimum atomic E-state index is 0.00543. The average Bonchev–Trinajstić information content (AvgIpc) is 3.19. The molecule has 2 aliphatic rings. The lowest BCUT2D eigenvalue weighted by molar-refractivity contribution is -0.134. The van der Waals surface area contributed by atoms with Crippen molar-refractivity contribution in [3.63, 3.8) is 0 Å². The molecule has 3 heterocycles. The van der Waals surface area contributed by atoms with E-state index in [1.165, 1.54) is 0 Å². The molecule has 21 heavy (non-hydrogen) atoms. The van der Waals surface area contributed by atoms with E-state index in [1.807, 2.05) is 11.8 Å². The van der Waals surface area contributed by atoms with Crippen molar-refractivity contribution in [1.29, 1.82) is 0 Å². The van der Waals surface area contributed by atoms with Crippen LogP contribution in [0, 0.1) is 0 Å². The molecule has 3 rings (SSSR count). The van der Waals surface area contributed by atoms with Gasteiger partial charge in [-0.25, -0.2) is 0 Å². The maximum atomic E-state index is 12.3. The highest BCUT2D eigenvalue weighted by molar-refractivity contribution is 7.99. The zero-order chi connectivity index (χ0) is 14.7. The Kier molecular flexibility index (Phi) is 4.77. The van der Waals surface area contributed by atoms with Crippen molar-refractivity contribution in [3.05, 3.63) is 11.7 Å². The van der Waals surface area contributed by atoms with E-state index < -0.39 is 0 Å². The monoisotopic (exact) mass is 311 g/mol. The maximum Gasteiger partial charge on any atom is 0.240 e. The van der Waals surface area contributed by atoms with Crippen molar-refractivity contribution in [3.8, 4) is 0 Å². The number of rotatable bonds is 4. The van der Waals surface area contributed by atoms with Gasteiger partial charge in [-0.2, -0.15) is 4.98 Å². The van der Waals surface area contributed by atoms with Gasteiger partial charge in [-0.15, -0.1) is 11.8 Å². The van der Waals surface area contributed by atoms with Crippen molar-refractivity contribution in [2.24, 2.45) is 0 Å². The van der Waals surface area contributed by atoms with Crippen molar-refractivity contribution >= 4 is 17.7 Å². The largest absolute Gasteiger partial charge is 0.339 e. The number of carbonyl (C=O) groups is 1. The molecule has 7 nitrogen and oxygen atoms in total. The summed E-state index contributed by atoms with van der Waals surface area (Å²) in [5, 5.41) is 7.22. The zero-order valence-corrected chi connectivity index (χ0v) is 13.1. The lowest BCUT2D eigenvalue weighted by Gasteiger charge is -2.35. The maximum absolute atomic E-state index is 12.3. The van der Waals surface area contributed by atoms with Crippen LogP contribution in [-0.4, -0.2) is 69.7 Å². The van der Waals surface area contributed by atoms with Gasteiger partial charge in [0.05, 0.1) is 12.6 Å². The fourth-order valence-electron chi connectivity index (χ4n) is 2.60. The Morgan fingerprint density at radius 3 is 2.86 bits per heavy atom. The lowest BCUT2D eigenvalue weighted by Crippen LogP contribution is -2.53. The van der Waals surface area contributed by atoms with Crippen LogP contribution in [0.25, 0.3) is 0 Å². The molecule has 2 saturated heterocycles. The second-order valence-corrected chi connectivity index (χ2v) is 6.36. The first-order chi connectivity index (χ1) is 10.3. The first kappa shape index (κ1) is 14.8. The SMILES string of the molecule is CCc1nc(CN2CCN(C(=O)C3CSCN3)CC2)no1. The van der Waals surface area contributed by atoms with E-state index in [9.17, 15) is 4.79 Å². The molecule has 0 radical (unpaired) electrons. The number of thioether (sulfide) groups is 1. The molecule has 0 aliphatic carbocycles. The summed E-state index contributed by atoms with van der Waals surface area (Å²) in [6.07, 6.45) is 0.766. The molecule has 1 atom stereocenters. The average molecular weight is 311 g/mol. The smallest absolute Gasteiger partial charge is 0.240 e.